The molecule has 4 nitrogen and oxygen atoms in total. The van der Waals surface area contributed by atoms with Crippen molar-refractivity contribution in [2.24, 2.45) is 0 Å². The third kappa shape index (κ3) is 7.06. The van der Waals surface area contributed by atoms with Crippen molar-refractivity contribution in [3.63, 3.8) is 0 Å². The van der Waals surface area contributed by atoms with Gasteiger partial charge in [-0.2, -0.15) is 4.89 Å². The summed E-state index contributed by atoms with van der Waals surface area (Å²) >= 11 is 0. The van der Waals surface area contributed by atoms with E-state index in [1.54, 1.807) is 13.8 Å². The zero-order valence-electron chi connectivity index (χ0n) is 13.1. The molecule has 0 heterocycles. The van der Waals surface area contributed by atoms with E-state index in [4.69, 9.17) is 4.74 Å². The fourth-order valence-corrected chi connectivity index (χ4v) is 1.61. The lowest BCUT2D eigenvalue weighted by atomic mass is 10.3. The lowest BCUT2D eigenvalue weighted by molar-refractivity contribution is -0.344. The van der Waals surface area contributed by atoms with Crippen LogP contribution < -0.4 is 0 Å². The summed E-state index contributed by atoms with van der Waals surface area (Å²) in [5.74, 6) is -0.573. The second kappa shape index (κ2) is 9.32. The smallest absolute Gasteiger partial charge is 0.349 e. The number of rotatable bonds is 7. The first-order valence-electron chi connectivity index (χ1n) is 7.25. The molecule has 2 aliphatic rings. The Morgan fingerprint density at radius 2 is 1.95 bits per heavy atom. The minimum Gasteiger partial charge on any atom is -0.349 e. The monoisotopic (exact) mass is 292 g/mol. The van der Waals surface area contributed by atoms with Gasteiger partial charge in [-0.15, -0.1) is 0 Å². The van der Waals surface area contributed by atoms with Crippen LogP contribution in [0.5, 0.6) is 0 Å². The minimum absolute atomic E-state index is 0.297. The highest BCUT2D eigenvalue weighted by Gasteiger charge is 2.09. The van der Waals surface area contributed by atoms with Crippen LogP contribution in [-0.2, 0) is 19.3 Å². The average molecular weight is 292 g/mol. The minimum atomic E-state index is -0.573. The lowest BCUT2D eigenvalue weighted by Crippen LogP contribution is -2.17. The van der Waals surface area contributed by atoms with Crippen molar-refractivity contribution in [1.29, 1.82) is 0 Å². The van der Waals surface area contributed by atoms with Gasteiger partial charge in [0.2, 0.25) is 0 Å². The molecule has 2 bridgehead atoms. The van der Waals surface area contributed by atoms with E-state index in [9.17, 15) is 4.79 Å². The van der Waals surface area contributed by atoms with E-state index < -0.39 is 12.3 Å². The van der Waals surface area contributed by atoms with Gasteiger partial charge in [0.15, 0.2) is 6.29 Å². The summed E-state index contributed by atoms with van der Waals surface area (Å²) in [5.41, 5.74) is 3.23. The zero-order valence-corrected chi connectivity index (χ0v) is 13.1. The molecule has 4 heteroatoms. The van der Waals surface area contributed by atoms with Crippen molar-refractivity contribution in [2.75, 3.05) is 6.61 Å². The van der Waals surface area contributed by atoms with Crippen molar-refractivity contribution in [1.82, 2.24) is 0 Å². The van der Waals surface area contributed by atoms with Crippen molar-refractivity contribution >= 4 is 5.97 Å². The van der Waals surface area contributed by atoms with Crippen molar-refractivity contribution < 1.29 is 19.3 Å². The van der Waals surface area contributed by atoms with Crippen LogP contribution in [0.25, 0.3) is 0 Å². The van der Waals surface area contributed by atoms with Gasteiger partial charge < -0.3 is 4.74 Å². The third-order valence-electron chi connectivity index (χ3n) is 2.89. The topological polar surface area (TPSA) is 44.8 Å². The molecule has 0 spiro atoms. The molecule has 0 amide bonds. The van der Waals surface area contributed by atoms with Gasteiger partial charge >= 0.3 is 5.97 Å². The normalized spacial score (nSPS) is 15.8. The van der Waals surface area contributed by atoms with Crippen LogP contribution in [-0.4, -0.2) is 18.9 Å². The van der Waals surface area contributed by atoms with Gasteiger partial charge in [-0.1, -0.05) is 44.2 Å². The molecule has 0 fully saturated rings. The first-order chi connectivity index (χ1) is 10.0. The molecule has 1 unspecified atom stereocenters. The molecule has 116 valence electrons. The molecular weight excluding hydrogens is 268 g/mol. The van der Waals surface area contributed by atoms with Crippen molar-refractivity contribution in [3.8, 4) is 0 Å². The van der Waals surface area contributed by atoms with E-state index in [1.807, 2.05) is 0 Å². The fraction of sp³-hybridized carbons (Fsp3) is 0.471. The molecule has 0 radical (unpaired) electrons. The van der Waals surface area contributed by atoms with Gasteiger partial charge in [-0.25, -0.2) is 4.79 Å². The van der Waals surface area contributed by atoms with Crippen LogP contribution in [0.1, 0.15) is 40.0 Å². The highest BCUT2D eigenvalue weighted by Crippen LogP contribution is 2.27. The van der Waals surface area contributed by atoms with E-state index in [1.165, 1.54) is 17.6 Å². The number of allylic oxidation sites excluding steroid dienone is 6. The maximum Gasteiger partial charge on any atom is 0.368 e. The molecule has 0 aromatic carbocycles. The average Bonchev–Trinajstić information content (AvgIpc) is 3.10. The molecule has 21 heavy (non-hydrogen) atoms. The molecule has 0 aliphatic heterocycles. The predicted octanol–water partition coefficient (Wildman–Crippen LogP) is 4.01. The SMILES string of the molecule is C1=CC2=CC=C1C2.C=C(C)C(=O)OOC(C)OCCCC. The van der Waals surface area contributed by atoms with E-state index >= 15 is 0 Å². The van der Waals surface area contributed by atoms with Crippen molar-refractivity contribution in [2.45, 2.75) is 46.3 Å². The Hall–Kier alpha value is -1.65. The Morgan fingerprint density at radius 1 is 1.33 bits per heavy atom. The van der Waals surface area contributed by atoms with Gasteiger partial charge in [0.25, 0.3) is 0 Å². The number of carbonyl (C=O) groups excluding carboxylic acids is 1. The molecular formula is C17H24O4. The van der Waals surface area contributed by atoms with E-state index in [0.29, 0.717) is 12.2 Å². The number of hydrogen-bond acceptors (Lipinski definition) is 4. The van der Waals surface area contributed by atoms with E-state index in [2.05, 4.69) is 47.6 Å². The molecule has 2 aliphatic carbocycles. The summed E-state index contributed by atoms with van der Waals surface area (Å²) in [6.45, 7) is 9.30. The Morgan fingerprint density at radius 3 is 2.33 bits per heavy atom. The summed E-state index contributed by atoms with van der Waals surface area (Å²) < 4.78 is 5.18. The van der Waals surface area contributed by atoms with Crippen molar-refractivity contribution in [3.05, 3.63) is 47.6 Å². The Kier molecular flexibility index (Phi) is 7.72. The van der Waals surface area contributed by atoms with Gasteiger partial charge in [-0.3, -0.25) is 4.89 Å². The number of ether oxygens (including phenoxy) is 1. The first kappa shape index (κ1) is 17.4. The molecule has 0 aromatic rings. The molecule has 0 N–H and O–H groups in total. The Balaban J connectivity index is 0.000000255. The summed E-state index contributed by atoms with van der Waals surface area (Å²) in [6, 6.07) is 0. The van der Waals surface area contributed by atoms with Gasteiger partial charge in [0.05, 0.1) is 0 Å². The lowest BCUT2D eigenvalue weighted by Gasteiger charge is -2.11. The number of carbonyl (C=O) groups is 1. The van der Waals surface area contributed by atoms with Crippen LogP contribution in [0.2, 0.25) is 0 Å². The fourth-order valence-electron chi connectivity index (χ4n) is 1.61. The quantitative estimate of drug-likeness (QED) is 0.234. The maximum atomic E-state index is 10.9. The molecule has 0 aromatic heterocycles. The highest BCUT2D eigenvalue weighted by molar-refractivity contribution is 5.86. The summed E-state index contributed by atoms with van der Waals surface area (Å²) in [4.78, 5) is 20.0. The van der Waals surface area contributed by atoms with Gasteiger partial charge in [-0.05, 0) is 37.8 Å². The summed E-state index contributed by atoms with van der Waals surface area (Å²) in [6.07, 6.45) is 11.4. The van der Waals surface area contributed by atoms with Gasteiger partial charge in [0, 0.05) is 12.2 Å². The van der Waals surface area contributed by atoms with Crippen LogP contribution in [0.3, 0.4) is 0 Å². The van der Waals surface area contributed by atoms with Crippen LogP contribution >= 0.6 is 0 Å². The largest absolute Gasteiger partial charge is 0.368 e. The Bertz CT molecular complexity index is 437. The third-order valence-corrected chi connectivity index (χ3v) is 2.89. The van der Waals surface area contributed by atoms with E-state index in [0.717, 1.165) is 12.8 Å². The summed E-state index contributed by atoms with van der Waals surface area (Å²) in [5, 5.41) is 0. The first-order valence-corrected chi connectivity index (χ1v) is 7.25. The zero-order chi connectivity index (χ0) is 15.7. The number of hydrogen-bond donors (Lipinski definition) is 0. The standard InChI is InChI=1S/C10H18O4.C7H6/c1-5-6-7-12-9(4)13-14-10(11)8(2)3;1-2-7-4-3-6(1)5-7/h9H,2,5-7H2,1,3-4H3;1-4H,5H2. The maximum absolute atomic E-state index is 10.9. The predicted molar refractivity (Wildman–Crippen MR) is 82.2 cm³/mol. The van der Waals surface area contributed by atoms with E-state index in [-0.39, 0.29) is 0 Å². The second-order valence-electron chi connectivity index (χ2n) is 5.03. The molecule has 0 saturated carbocycles. The van der Waals surface area contributed by atoms with Crippen LogP contribution in [0.15, 0.2) is 47.6 Å². The number of fused-ring (bicyclic) bond motifs is 2. The van der Waals surface area contributed by atoms with Crippen LogP contribution in [0, 0.1) is 0 Å². The van der Waals surface area contributed by atoms with Crippen LogP contribution in [0.4, 0.5) is 0 Å². The number of unbranched alkanes of at least 4 members (excludes halogenated alkanes) is 1. The Labute approximate surface area is 126 Å². The summed E-state index contributed by atoms with van der Waals surface area (Å²) in [7, 11) is 0. The highest BCUT2D eigenvalue weighted by atomic mass is 17.2. The molecule has 1 atom stereocenters. The second-order valence-corrected chi connectivity index (χ2v) is 5.03. The molecule has 2 rings (SSSR count). The molecule has 0 saturated heterocycles. The van der Waals surface area contributed by atoms with Gasteiger partial charge in [0.1, 0.15) is 0 Å².